The van der Waals surface area contributed by atoms with Crippen LogP contribution >= 0.6 is 11.6 Å². The summed E-state index contributed by atoms with van der Waals surface area (Å²) >= 11 is 5.93. The van der Waals surface area contributed by atoms with Crippen molar-refractivity contribution in [2.45, 2.75) is 19.4 Å². The Kier molecular flexibility index (Phi) is 6.52. The first-order chi connectivity index (χ1) is 13.4. The number of rotatable bonds is 5. The average molecular weight is 404 g/mol. The predicted molar refractivity (Wildman–Crippen MR) is 108 cm³/mol. The Hall–Kier alpha value is -2.60. The summed E-state index contributed by atoms with van der Waals surface area (Å²) in [5.41, 5.74) is 1.39. The van der Waals surface area contributed by atoms with Crippen molar-refractivity contribution in [2.75, 3.05) is 31.1 Å². The lowest BCUT2D eigenvalue weighted by Crippen LogP contribution is -2.49. The van der Waals surface area contributed by atoms with Gasteiger partial charge in [0, 0.05) is 38.1 Å². The monoisotopic (exact) mass is 403 g/mol. The second-order valence-corrected chi connectivity index (χ2v) is 7.26. The normalized spacial score (nSPS) is 15.2. The van der Waals surface area contributed by atoms with Crippen LogP contribution in [0.2, 0.25) is 5.02 Å². The molecule has 1 aliphatic heterocycles. The molecule has 0 aromatic heterocycles. The largest absolute Gasteiger partial charge is 0.366 e. The molecule has 7 heteroatoms. The summed E-state index contributed by atoms with van der Waals surface area (Å²) < 4.78 is 14.0. The Morgan fingerprint density at radius 2 is 1.71 bits per heavy atom. The van der Waals surface area contributed by atoms with Gasteiger partial charge in [0.15, 0.2) is 0 Å². The Morgan fingerprint density at radius 3 is 2.32 bits per heavy atom. The minimum atomic E-state index is -0.410. The third-order valence-corrected chi connectivity index (χ3v) is 5.11. The van der Waals surface area contributed by atoms with Gasteiger partial charge in [0.2, 0.25) is 11.8 Å². The second kappa shape index (κ2) is 9.06. The van der Waals surface area contributed by atoms with E-state index in [9.17, 15) is 14.0 Å². The maximum absolute atomic E-state index is 14.0. The van der Waals surface area contributed by atoms with Crippen LogP contribution in [0.5, 0.6) is 0 Å². The van der Waals surface area contributed by atoms with Crippen LogP contribution in [0.1, 0.15) is 24.9 Å². The number of hydrogen-bond acceptors (Lipinski definition) is 3. The summed E-state index contributed by atoms with van der Waals surface area (Å²) in [6.45, 7) is 3.60. The minimum Gasteiger partial charge on any atom is -0.366 e. The molecule has 28 heavy (non-hydrogen) atoms. The molecule has 1 N–H and O–H groups in total. The zero-order valence-corrected chi connectivity index (χ0v) is 16.5. The second-order valence-electron chi connectivity index (χ2n) is 6.83. The van der Waals surface area contributed by atoms with E-state index in [4.69, 9.17) is 11.6 Å². The van der Waals surface area contributed by atoms with E-state index < -0.39 is 6.04 Å². The number of hydrogen-bond donors (Lipinski definition) is 1. The molecule has 148 valence electrons. The molecule has 1 aliphatic rings. The van der Waals surface area contributed by atoms with Gasteiger partial charge in [-0.3, -0.25) is 9.59 Å². The highest BCUT2D eigenvalue weighted by Crippen LogP contribution is 2.23. The average Bonchev–Trinajstić information content (AvgIpc) is 2.68. The number of benzene rings is 2. The summed E-state index contributed by atoms with van der Waals surface area (Å²) in [5.74, 6) is -0.491. The van der Waals surface area contributed by atoms with Gasteiger partial charge in [0.05, 0.1) is 18.2 Å². The molecule has 3 rings (SSSR count). The van der Waals surface area contributed by atoms with Crippen LogP contribution < -0.4 is 10.2 Å². The number of carbonyl (C=O) groups is 2. The molecule has 1 unspecified atom stereocenters. The van der Waals surface area contributed by atoms with Crippen molar-refractivity contribution in [1.82, 2.24) is 10.2 Å². The van der Waals surface area contributed by atoms with E-state index in [1.807, 2.05) is 17.0 Å². The highest BCUT2D eigenvalue weighted by molar-refractivity contribution is 6.30. The molecule has 1 saturated heterocycles. The molecule has 2 aromatic rings. The molecule has 2 aromatic carbocycles. The smallest absolute Gasteiger partial charge is 0.225 e. The Morgan fingerprint density at radius 1 is 1.07 bits per heavy atom. The number of nitrogens with one attached hydrogen (secondary N) is 1. The highest BCUT2D eigenvalue weighted by Gasteiger charge is 2.25. The van der Waals surface area contributed by atoms with Gasteiger partial charge < -0.3 is 15.1 Å². The van der Waals surface area contributed by atoms with E-state index in [1.54, 1.807) is 35.2 Å². The molecular weight excluding hydrogens is 381 g/mol. The van der Waals surface area contributed by atoms with E-state index in [-0.39, 0.29) is 24.1 Å². The third kappa shape index (κ3) is 5.01. The maximum atomic E-state index is 14.0. The quantitative estimate of drug-likeness (QED) is 0.832. The van der Waals surface area contributed by atoms with Gasteiger partial charge in [-0.05, 0) is 29.8 Å². The Balaban J connectivity index is 1.62. The summed E-state index contributed by atoms with van der Waals surface area (Å²) in [5, 5.41) is 3.44. The van der Waals surface area contributed by atoms with Gasteiger partial charge in [-0.15, -0.1) is 0 Å². The first-order valence-electron chi connectivity index (χ1n) is 9.24. The Bertz CT molecular complexity index is 836. The lowest BCUT2D eigenvalue weighted by atomic mass is 10.0. The standard InChI is InChI=1S/C21H23ClFN3O2/c1-15(27)24-19(16-6-8-17(22)9-7-16)14-21(28)26-12-10-25(11-13-26)20-5-3-2-4-18(20)23/h2-9,19H,10-14H2,1H3,(H,24,27). The summed E-state index contributed by atoms with van der Waals surface area (Å²) in [6.07, 6.45) is 0.168. The topological polar surface area (TPSA) is 52.7 Å². The molecule has 1 atom stereocenters. The van der Waals surface area contributed by atoms with Crippen LogP contribution in [-0.2, 0) is 9.59 Å². The van der Waals surface area contributed by atoms with Crippen molar-refractivity contribution < 1.29 is 14.0 Å². The lowest BCUT2D eigenvalue weighted by molar-refractivity contribution is -0.132. The van der Waals surface area contributed by atoms with Crippen molar-refractivity contribution in [2.24, 2.45) is 0 Å². The zero-order chi connectivity index (χ0) is 20.1. The molecule has 0 aliphatic carbocycles. The number of piperazine rings is 1. The third-order valence-electron chi connectivity index (χ3n) is 4.85. The Labute approximate surface area is 169 Å². The first kappa shape index (κ1) is 20.1. The first-order valence-corrected chi connectivity index (χ1v) is 9.61. The van der Waals surface area contributed by atoms with Gasteiger partial charge in [0.25, 0.3) is 0 Å². The van der Waals surface area contributed by atoms with Crippen molar-refractivity contribution >= 4 is 29.1 Å². The fourth-order valence-electron chi connectivity index (χ4n) is 3.40. The van der Waals surface area contributed by atoms with Gasteiger partial charge >= 0.3 is 0 Å². The molecule has 0 saturated carbocycles. The molecule has 1 fully saturated rings. The zero-order valence-electron chi connectivity index (χ0n) is 15.7. The van der Waals surface area contributed by atoms with Crippen molar-refractivity contribution in [3.63, 3.8) is 0 Å². The molecule has 1 heterocycles. The SMILES string of the molecule is CC(=O)NC(CC(=O)N1CCN(c2ccccc2F)CC1)c1ccc(Cl)cc1. The number of amides is 2. The van der Waals surface area contributed by atoms with Crippen LogP contribution in [0.25, 0.3) is 0 Å². The van der Waals surface area contributed by atoms with Crippen LogP contribution in [0.4, 0.5) is 10.1 Å². The van der Waals surface area contributed by atoms with Gasteiger partial charge in [0.1, 0.15) is 5.82 Å². The molecule has 5 nitrogen and oxygen atoms in total. The van der Waals surface area contributed by atoms with E-state index in [0.717, 1.165) is 5.56 Å². The number of anilines is 1. The van der Waals surface area contributed by atoms with Gasteiger partial charge in [-0.25, -0.2) is 4.39 Å². The van der Waals surface area contributed by atoms with E-state index >= 15 is 0 Å². The van der Waals surface area contributed by atoms with Gasteiger partial charge in [-0.2, -0.15) is 0 Å². The molecule has 0 bridgehead atoms. The molecule has 0 radical (unpaired) electrons. The summed E-state index contributed by atoms with van der Waals surface area (Å²) in [6, 6.07) is 13.4. The number of halogens is 2. The van der Waals surface area contributed by atoms with Crippen LogP contribution in [-0.4, -0.2) is 42.9 Å². The lowest BCUT2D eigenvalue weighted by Gasteiger charge is -2.36. The van der Waals surface area contributed by atoms with Gasteiger partial charge in [-0.1, -0.05) is 35.9 Å². The summed E-state index contributed by atoms with van der Waals surface area (Å²) in [7, 11) is 0. The summed E-state index contributed by atoms with van der Waals surface area (Å²) in [4.78, 5) is 28.1. The fourth-order valence-corrected chi connectivity index (χ4v) is 3.53. The van der Waals surface area contributed by atoms with Crippen molar-refractivity contribution in [1.29, 1.82) is 0 Å². The van der Waals surface area contributed by atoms with E-state index in [1.165, 1.54) is 13.0 Å². The van der Waals surface area contributed by atoms with E-state index in [2.05, 4.69) is 5.32 Å². The predicted octanol–water partition coefficient (Wildman–Crippen LogP) is 3.40. The minimum absolute atomic E-state index is 0.0399. The van der Waals surface area contributed by atoms with Crippen molar-refractivity contribution in [3.05, 3.63) is 64.9 Å². The molecule has 0 spiro atoms. The number of nitrogens with zero attached hydrogens (tertiary/aromatic N) is 2. The van der Waals surface area contributed by atoms with Crippen LogP contribution in [0.15, 0.2) is 48.5 Å². The molecule has 2 amide bonds. The number of carbonyl (C=O) groups excluding carboxylic acids is 2. The van der Waals surface area contributed by atoms with Crippen molar-refractivity contribution in [3.8, 4) is 0 Å². The highest BCUT2D eigenvalue weighted by atomic mass is 35.5. The van der Waals surface area contributed by atoms with Crippen LogP contribution in [0, 0.1) is 5.82 Å². The molecular formula is C21H23ClFN3O2. The number of para-hydroxylation sites is 1. The maximum Gasteiger partial charge on any atom is 0.225 e. The van der Waals surface area contributed by atoms with Crippen LogP contribution in [0.3, 0.4) is 0 Å². The van der Waals surface area contributed by atoms with E-state index in [0.29, 0.717) is 36.9 Å². The fraction of sp³-hybridized carbons (Fsp3) is 0.333.